The van der Waals surface area contributed by atoms with Gasteiger partial charge in [-0.15, -0.1) is 0 Å². The van der Waals surface area contributed by atoms with Crippen LogP contribution in [0.3, 0.4) is 0 Å². The molecule has 2 aromatic heterocycles. The zero-order valence-electron chi connectivity index (χ0n) is 29.4. The Balaban J connectivity index is 0.000000167. The summed E-state index contributed by atoms with van der Waals surface area (Å²) in [5.74, 6) is 4.79. The molecule has 0 unspecified atom stereocenters. The van der Waals surface area contributed by atoms with E-state index >= 15 is 0 Å². The van der Waals surface area contributed by atoms with E-state index in [9.17, 15) is 10.2 Å². The number of para-hydroxylation sites is 2. The number of methoxy groups -OCH3 is 2. The van der Waals surface area contributed by atoms with Crippen LogP contribution in [0, 0.1) is 0 Å². The molecule has 54 heavy (non-hydrogen) atoms. The molecular weight excluding hydrogens is 677 g/mol. The lowest BCUT2D eigenvalue weighted by Crippen LogP contribution is -2.00. The zero-order chi connectivity index (χ0) is 37.3. The van der Waals surface area contributed by atoms with Gasteiger partial charge in [0.1, 0.15) is 23.0 Å². The van der Waals surface area contributed by atoms with Crippen LogP contribution in [-0.2, 0) is 0 Å². The maximum atomic E-state index is 10.2. The molecule has 0 atom stereocenters. The van der Waals surface area contributed by atoms with Crippen molar-refractivity contribution in [1.82, 2.24) is 29.9 Å². The Morgan fingerprint density at radius 2 is 0.593 bits per heavy atom. The Kier molecular flexibility index (Phi) is 10.5. The maximum absolute atomic E-state index is 10.2. The molecule has 2 N–H and O–H groups in total. The standard InChI is InChI=1S/2C22H17N3O2/c2*1-27-17-13-11-16(12-14-17)21-23-20(15-7-3-2-4-8-15)24-22(25-21)18-9-5-6-10-19(18)26/h2*2-14,26H,1H3. The van der Waals surface area contributed by atoms with Gasteiger partial charge in [0, 0.05) is 22.3 Å². The molecule has 264 valence electrons. The molecular formula is C44H34N6O4. The van der Waals surface area contributed by atoms with Crippen LogP contribution < -0.4 is 9.47 Å². The first kappa shape index (κ1) is 35.0. The predicted molar refractivity (Wildman–Crippen MR) is 209 cm³/mol. The maximum Gasteiger partial charge on any atom is 0.167 e. The third-order valence-electron chi connectivity index (χ3n) is 8.32. The van der Waals surface area contributed by atoms with Gasteiger partial charge in [-0.1, -0.05) is 84.9 Å². The van der Waals surface area contributed by atoms with E-state index < -0.39 is 0 Å². The molecule has 8 rings (SSSR count). The van der Waals surface area contributed by atoms with Gasteiger partial charge in [-0.3, -0.25) is 0 Å². The van der Waals surface area contributed by atoms with Crippen LogP contribution in [0.2, 0.25) is 0 Å². The van der Waals surface area contributed by atoms with E-state index in [1.165, 1.54) is 0 Å². The van der Waals surface area contributed by atoms with Crippen molar-refractivity contribution in [3.8, 4) is 91.3 Å². The average molecular weight is 711 g/mol. The monoisotopic (exact) mass is 710 g/mol. The summed E-state index contributed by atoms with van der Waals surface area (Å²) < 4.78 is 10.4. The highest BCUT2D eigenvalue weighted by atomic mass is 16.5. The number of aromatic hydroxyl groups is 2. The van der Waals surface area contributed by atoms with Gasteiger partial charge in [0.05, 0.1) is 25.3 Å². The molecule has 0 aliphatic rings. The summed E-state index contributed by atoms with van der Waals surface area (Å²) in [6.07, 6.45) is 0. The van der Waals surface area contributed by atoms with Gasteiger partial charge >= 0.3 is 0 Å². The number of phenolic OH excluding ortho intramolecular Hbond substituents is 2. The van der Waals surface area contributed by atoms with Gasteiger partial charge in [0.2, 0.25) is 0 Å². The molecule has 0 aliphatic carbocycles. The predicted octanol–water partition coefficient (Wildman–Crippen LogP) is 9.17. The largest absolute Gasteiger partial charge is 0.507 e. The van der Waals surface area contributed by atoms with E-state index in [4.69, 9.17) is 9.47 Å². The third kappa shape index (κ3) is 8.03. The second-order valence-corrected chi connectivity index (χ2v) is 11.8. The Morgan fingerprint density at radius 3 is 0.907 bits per heavy atom. The Bertz CT molecular complexity index is 2300. The molecule has 0 spiro atoms. The molecule has 8 aromatic rings. The fourth-order valence-electron chi connectivity index (χ4n) is 5.49. The smallest absolute Gasteiger partial charge is 0.167 e. The summed E-state index contributed by atoms with van der Waals surface area (Å²) in [6, 6.07) is 48.5. The van der Waals surface area contributed by atoms with Crippen molar-refractivity contribution in [3.05, 3.63) is 158 Å². The van der Waals surface area contributed by atoms with E-state index in [1.54, 1.807) is 50.6 Å². The van der Waals surface area contributed by atoms with Gasteiger partial charge in [-0.25, -0.2) is 29.9 Å². The zero-order valence-corrected chi connectivity index (χ0v) is 29.4. The van der Waals surface area contributed by atoms with Crippen LogP contribution in [0.5, 0.6) is 23.0 Å². The molecule has 0 saturated heterocycles. The topological polar surface area (TPSA) is 136 Å². The van der Waals surface area contributed by atoms with Crippen molar-refractivity contribution in [2.24, 2.45) is 0 Å². The Hall–Kier alpha value is -7.46. The van der Waals surface area contributed by atoms with Crippen LogP contribution in [0.1, 0.15) is 0 Å². The van der Waals surface area contributed by atoms with E-state index in [1.807, 2.05) is 121 Å². The Morgan fingerprint density at radius 1 is 0.315 bits per heavy atom. The number of ether oxygens (including phenoxy) is 2. The van der Waals surface area contributed by atoms with Gasteiger partial charge in [-0.05, 0) is 72.8 Å². The summed E-state index contributed by atoms with van der Waals surface area (Å²) in [5.41, 5.74) is 4.57. The third-order valence-corrected chi connectivity index (χ3v) is 8.32. The SMILES string of the molecule is COc1ccc(-c2nc(-c3ccccc3)nc(-c3ccccc3O)n2)cc1.COc1ccc(-c2nc(-c3ccccc3)nc(-c3ccccc3O)n2)cc1. The second-order valence-electron chi connectivity index (χ2n) is 11.8. The highest BCUT2D eigenvalue weighted by Crippen LogP contribution is 2.31. The van der Waals surface area contributed by atoms with E-state index in [-0.39, 0.29) is 11.5 Å². The summed E-state index contributed by atoms with van der Waals surface area (Å²) in [7, 11) is 3.25. The van der Waals surface area contributed by atoms with Gasteiger partial charge < -0.3 is 19.7 Å². The number of phenols is 2. The minimum atomic E-state index is 0.128. The van der Waals surface area contributed by atoms with Crippen molar-refractivity contribution in [2.45, 2.75) is 0 Å². The molecule has 6 aromatic carbocycles. The number of nitrogens with zero attached hydrogens (tertiary/aromatic N) is 6. The van der Waals surface area contributed by atoms with Crippen LogP contribution in [-0.4, -0.2) is 54.3 Å². The van der Waals surface area contributed by atoms with E-state index in [0.29, 0.717) is 46.1 Å². The number of benzene rings is 6. The molecule has 0 amide bonds. The average Bonchev–Trinajstić information content (AvgIpc) is 3.24. The fourth-order valence-corrected chi connectivity index (χ4v) is 5.49. The van der Waals surface area contributed by atoms with Gasteiger partial charge in [0.15, 0.2) is 34.9 Å². The van der Waals surface area contributed by atoms with Gasteiger partial charge in [0.25, 0.3) is 0 Å². The minimum Gasteiger partial charge on any atom is -0.507 e. The second kappa shape index (κ2) is 16.3. The van der Waals surface area contributed by atoms with E-state index in [0.717, 1.165) is 33.8 Å². The van der Waals surface area contributed by atoms with Crippen LogP contribution >= 0.6 is 0 Å². The lowest BCUT2D eigenvalue weighted by Gasteiger charge is -2.09. The molecule has 0 saturated carbocycles. The molecule has 0 radical (unpaired) electrons. The fraction of sp³-hybridized carbons (Fsp3) is 0.0455. The van der Waals surface area contributed by atoms with Crippen LogP contribution in [0.15, 0.2) is 158 Å². The van der Waals surface area contributed by atoms with Crippen molar-refractivity contribution in [1.29, 1.82) is 0 Å². The quantitative estimate of drug-likeness (QED) is 0.157. The Labute approximate surface area is 312 Å². The highest BCUT2D eigenvalue weighted by molar-refractivity contribution is 5.71. The molecule has 10 heteroatoms. The minimum absolute atomic E-state index is 0.128. The van der Waals surface area contributed by atoms with Crippen molar-refractivity contribution in [3.63, 3.8) is 0 Å². The van der Waals surface area contributed by atoms with Crippen LogP contribution in [0.4, 0.5) is 0 Å². The molecule has 2 heterocycles. The lowest BCUT2D eigenvalue weighted by atomic mass is 10.1. The normalized spacial score (nSPS) is 10.6. The number of hydrogen-bond donors (Lipinski definition) is 2. The first-order valence-electron chi connectivity index (χ1n) is 17.0. The summed E-state index contributed by atoms with van der Waals surface area (Å²) in [4.78, 5) is 27.6. The lowest BCUT2D eigenvalue weighted by molar-refractivity contribution is 0.414. The molecule has 0 bridgehead atoms. The van der Waals surface area contributed by atoms with Crippen molar-refractivity contribution >= 4 is 0 Å². The number of rotatable bonds is 8. The van der Waals surface area contributed by atoms with Crippen LogP contribution in [0.25, 0.3) is 68.3 Å². The first-order chi connectivity index (χ1) is 26.5. The van der Waals surface area contributed by atoms with Gasteiger partial charge in [-0.2, -0.15) is 0 Å². The molecule has 10 nitrogen and oxygen atoms in total. The number of aromatic nitrogens is 6. The summed E-state index contributed by atoms with van der Waals surface area (Å²) in [5, 5.41) is 20.5. The highest BCUT2D eigenvalue weighted by Gasteiger charge is 2.16. The molecule has 0 aliphatic heterocycles. The van der Waals surface area contributed by atoms with Crippen molar-refractivity contribution in [2.75, 3.05) is 14.2 Å². The van der Waals surface area contributed by atoms with Crippen molar-refractivity contribution < 1.29 is 19.7 Å². The number of hydrogen-bond acceptors (Lipinski definition) is 10. The summed E-state index contributed by atoms with van der Waals surface area (Å²) >= 11 is 0. The van der Waals surface area contributed by atoms with E-state index in [2.05, 4.69) is 29.9 Å². The molecule has 0 fully saturated rings. The summed E-state index contributed by atoms with van der Waals surface area (Å²) in [6.45, 7) is 0. The first-order valence-corrected chi connectivity index (χ1v) is 17.0.